The number of carbonyl (C=O) groups excluding carboxylic acids is 2. The van der Waals surface area contributed by atoms with E-state index in [4.69, 9.17) is 0 Å². The van der Waals surface area contributed by atoms with E-state index >= 15 is 0 Å². The molecule has 2 saturated heterocycles. The van der Waals surface area contributed by atoms with Crippen LogP contribution in [0.2, 0.25) is 0 Å². The van der Waals surface area contributed by atoms with Gasteiger partial charge in [0, 0.05) is 13.1 Å². The lowest BCUT2D eigenvalue weighted by Gasteiger charge is -2.27. The lowest BCUT2D eigenvalue weighted by Crippen LogP contribution is -2.47. The summed E-state index contributed by atoms with van der Waals surface area (Å²) in [7, 11) is 0. The maximum atomic E-state index is 12.3. The molecule has 0 bridgehead atoms. The van der Waals surface area contributed by atoms with Crippen LogP contribution in [0.1, 0.15) is 26.7 Å². The summed E-state index contributed by atoms with van der Waals surface area (Å²) in [4.78, 5) is 30.3. The van der Waals surface area contributed by atoms with Gasteiger partial charge in [0.1, 0.15) is 13.5 Å². The average molecular weight is 286 g/mol. The van der Waals surface area contributed by atoms with Crippen molar-refractivity contribution in [1.82, 2.24) is 19.6 Å². The fraction of sp³-hybridized carbons (Fsp3) is 0.833. The maximum absolute atomic E-state index is 12.3. The number of aliphatic hydroxyl groups excluding tert-OH is 2. The summed E-state index contributed by atoms with van der Waals surface area (Å²) in [6.45, 7) is 3.97. The molecule has 2 N–H and O–H groups in total. The normalized spacial score (nSPS) is 26.0. The molecule has 2 aliphatic heterocycles. The minimum atomic E-state index is -0.529. The highest BCUT2D eigenvalue weighted by Crippen LogP contribution is 2.34. The van der Waals surface area contributed by atoms with E-state index in [-0.39, 0.29) is 12.1 Å². The molecule has 2 heterocycles. The van der Waals surface area contributed by atoms with Crippen LogP contribution in [-0.4, -0.2) is 80.8 Å². The molecule has 2 aliphatic rings. The van der Waals surface area contributed by atoms with Crippen molar-refractivity contribution in [3.63, 3.8) is 0 Å². The highest BCUT2D eigenvalue weighted by atomic mass is 16.3. The van der Waals surface area contributed by atoms with Crippen molar-refractivity contribution in [1.29, 1.82) is 0 Å². The van der Waals surface area contributed by atoms with E-state index in [2.05, 4.69) is 0 Å². The number of hydrogen-bond donors (Lipinski definition) is 2. The Kier molecular flexibility index (Phi) is 4.34. The average Bonchev–Trinajstić information content (AvgIpc) is 2.85. The van der Waals surface area contributed by atoms with Crippen molar-refractivity contribution in [3.05, 3.63) is 0 Å². The number of aliphatic hydroxyl groups is 2. The van der Waals surface area contributed by atoms with Crippen LogP contribution in [0.4, 0.5) is 9.59 Å². The first-order valence-corrected chi connectivity index (χ1v) is 6.98. The molecule has 0 aromatic heterocycles. The first-order valence-electron chi connectivity index (χ1n) is 6.98. The third kappa shape index (κ3) is 1.99. The Labute approximate surface area is 118 Å². The highest BCUT2D eigenvalue weighted by molar-refractivity contribution is 5.85. The van der Waals surface area contributed by atoms with Gasteiger partial charge in [-0.3, -0.25) is 19.6 Å². The van der Waals surface area contributed by atoms with Crippen molar-refractivity contribution in [2.45, 2.75) is 39.0 Å². The molecular weight excluding hydrogens is 264 g/mol. The smallest absolute Gasteiger partial charge is 0.325 e. The summed E-state index contributed by atoms with van der Waals surface area (Å²) in [5, 5.41) is 18.9. The Morgan fingerprint density at radius 3 is 1.40 bits per heavy atom. The number of nitrogens with zero attached hydrogens (tertiary/aromatic N) is 4. The van der Waals surface area contributed by atoms with E-state index in [1.54, 1.807) is 9.80 Å². The van der Waals surface area contributed by atoms with Crippen LogP contribution in [0, 0.1) is 0 Å². The second kappa shape index (κ2) is 5.84. The van der Waals surface area contributed by atoms with Crippen molar-refractivity contribution in [2.75, 3.05) is 26.6 Å². The van der Waals surface area contributed by atoms with Gasteiger partial charge in [-0.15, -0.1) is 0 Å². The summed E-state index contributed by atoms with van der Waals surface area (Å²) in [5.74, 6) is 0. The van der Waals surface area contributed by atoms with Crippen molar-refractivity contribution in [3.8, 4) is 0 Å². The van der Waals surface area contributed by atoms with E-state index in [1.165, 1.54) is 9.80 Å². The van der Waals surface area contributed by atoms with E-state index in [0.29, 0.717) is 13.1 Å². The van der Waals surface area contributed by atoms with Crippen molar-refractivity contribution >= 4 is 12.1 Å². The SMILES string of the molecule is CCCN1C(=O)N(CO)[C@@H]2[C@@H]1N(CO)C(=O)N2CCC. The molecule has 0 aromatic rings. The number of carbonyl (C=O) groups is 2. The quantitative estimate of drug-likeness (QED) is 0.710. The van der Waals surface area contributed by atoms with E-state index in [1.807, 2.05) is 13.8 Å². The van der Waals surface area contributed by atoms with Crippen LogP contribution in [0.25, 0.3) is 0 Å². The standard InChI is InChI=1S/C12H22N4O4/c1-3-5-13-9-10(16(8-18)11(13)19)14(6-4-2)12(20)15(9)7-17/h9-10,17-18H,3-8H2,1-2H3/t9-,10+. The molecule has 4 amide bonds. The van der Waals surface area contributed by atoms with E-state index in [9.17, 15) is 19.8 Å². The largest absolute Gasteiger partial charge is 0.376 e. The minimum Gasteiger partial charge on any atom is -0.376 e. The van der Waals surface area contributed by atoms with E-state index in [0.717, 1.165) is 12.8 Å². The topological polar surface area (TPSA) is 87.6 Å². The van der Waals surface area contributed by atoms with Crippen LogP contribution in [-0.2, 0) is 0 Å². The van der Waals surface area contributed by atoms with Crippen LogP contribution < -0.4 is 0 Å². The van der Waals surface area contributed by atoms with Crippen LogP contribution in [0.5, 0.6) is 0 Å². The fourth-order valence-electron chi connectivity index (χ4n) is 2.99. The zero-order valence-corrected chi connectivity index (χ0v) is 11.9. The van der Waals surface area contributed by atoms with Gasteiger partial charge < -0.3 is 10.2 Å². The molecular formula is C12H22N4O4. The minimum absolute atomic E-state index is 0.295. The van der Waals surface area contributed by atoms with Gasteiger partial charge in [-0.25, -0.2) is 9.59 Å². The second-order valence-electron chi connectivity index (χ2n) is 5.00. The van der Waals surface area contributed by atoms with Gasteiger partial charge in [0.15, 0.2) is 12.3 Å². The molecule has 0 unspecified atom stereocenters. The first kappa shape index (κ1) is 14.9. The van der Waals surface area contributed by atoms with E-state index < -0.39 is 25.8 Å². The number of rotatable bonds is 6. The maximum Gasteiger partial charge on any atom is 0.325 e. The summed E-state index contributed by atoms with van der Waals surface area (Å²) < 4.78 is 0. The zero-order valence-electron chi connectivity index (χ0n) is 11.9. The Bertz CT molecular complexity index is 356. The Morgan fingerprint density at radius 2 is 1.15 bits per heavy atom. The third-order valence-corrected chi connectivity index (χ3v) is 3.76. The van der Waals surface area contributed by atoms with Gasteiger partial charge in [0.2, 0.25) is 0 Å². The zero-order chi connectivity index (χ0) is 14.9. The Balaban J connectivity index is 2.37. The molecule has 2 fully saturated rings. The molecule has 8 heteroatoms. The third-order valence-electron chi connectivity index (χ3n) is 3.76. The van der Waals surface area contributed by atoms with Gasteiger partial charge >= 0.3 is 12.1 Å². The highest BCUT2D eigenvalue weighted by Gasteiger charge is 2.58. The molecule has 114 valence electrons. The molecule has 8 nitrogen and oxygen atoms in total. The van der Waals surface area contributed by atoms with Gasteiger partial charge in [0.05, 0.1) is 0 Å². The van der Waals surface area contributed by atoms with Gasteiger partial charge in [-0.05, 0) is 12.8 Å². The van der Waals surface area contributed by atoms with Gasteiger partial charge in [0.25, 0.3) is 0 Å². The number of hydrogen-bond acceptors (Lipinski definition) is 4. The predicted octanol–water partition coefficient (Wildman–Crippen LogP) is -0.167. The van der Waals surface area contributed by atoms with Gasteiger partial charge in [-0.1, -0.05) is 13.8 Å². The molecule has 2 atom stereocenters. The lowest BCUT2D eigenvalue weighted by atomic mass is 10.3. The number of urea groups is 2. The molecule has 0 aliphatic carbocycles. The van der Waals surface area contributed by atoms with Crippen molar-refractivity contribution in [2.24, 2.45) is 0 Å². The monoisotopic (exact) mass is 286 g/mol. The van der Waals surface area contributed by atoms with Gasteiger partial charge in [-0.2, -0.15) is 0 Å². The number of fused-ring (bicyclic) bond motifs is 1. The Morgan fingerprint density at radius 1 is 0.800 bits per heavy atom. The van der Waals surface area contributed by atoms with Crippen LogP contribution in [0.3, 0.4) is 0 Å². The lowest BCUT2D eigenvalue weighted by molar-refractivity contribution is 0.0484. The second-order valence-corrected chi connectivity index (χ2v) is 5.00. The van der Waals surface area contributed by atoms with Crippen molar-refractivity contribution < 1.29 is 19.8 Å². The summed E-state index contributed by atoms with van der Waals surface area (Å²) >= 11 is 0. The molecule has 0 radical (unpaired) electrons. The molecule has 0 spiro atoms. The molecule has 0 saturated carbocycles. The molecule has 20 heavy (non-hydrogen) atoms. The summed E-state index contributed by atoms with van der Waals surface area (Å²) in [6.07, 6.45) is 0.433. The van der Waals surface area contributed by atoms with Crippen LogP contribution in [0.15, 0.2) is 0 Å². The predicted molar refractivity (Wildman–Crippen MR) is 70.2 cm³/mol. The molecule has 2 rings (SSSR count). The first-order chi connectivity index (χ1) is 9.62. The number of amides is 4. The summed E-state index contributed by atoms with van der Waals surface area (Å²) in [6, 6.07) is -0.590. The van der Waals surface area contributed by atoms with Crippen LogP contribution >= 0.6 is 0 Å². The fourth-order valence-corrected chi connectivity index (χ4v) is 2.99. The molecule has 0 aromatic carbocycles. The Hall–Kier alpha value is -1.54. The summed E-state index contributed by atoms with van der Waals surface area (Å²) in [5.41, 5.74) is 0.